The smallest absolute Gasteiger partial charge is 0.249 e. The normalized spacial score (nSPS) is 10.9. The Morgan fingerprint density at radius 1 is 0.946 bits per heavy atom. The van der Waals surface area contributed by atoms with Crippen LogP contribution in [0.25, 0.3) is 22.4 Å². The summed E-state index contributed by atoms with van der Waals surface area (Å²) in [7, 11) is 1.59. The van der Waals surface area contributed by atoms with Crippen LogP contribution in [0.4, 0.5) is 5.88 Å². The van der Waals surface area contributed by atoms with Gasteiger partial charge in [-0.2, -0.15) is 0 Å². The molecule has 0 unspecified atom stereocenters. The zero-order valence-electron chi connectivity index (χ0n) is 21.6. The number of carbonyl (C=O) groups is 2. The van der Waals surface area contributed by atoms with Gasteiger partial charge >= 0.3 is 0 Å². The molecule has 7 nitrogen and oxygen atoms in total. The number of hydrogen-bond acceptors (Lipinski definition) is 6. The number of aromatic nitrogens is 1. The largest absolute Gasteiger partial charge is 0.497 e. The average Bonchev–Trinajstić information content (AvgIpc) is 3.31. The van der Waals surface area contributed by atoms with Crippen molar-refractivity contribution in [1.29, 1.82) is 0 Å². The molecule has 0 spiro atoms. The lowest BCUT2D eigenvalue weighted by Gasteiger charge is -2.17. The molecule has 0 aliphatic heterocycles. The molecule has 0 saturated heterocycles. The first-order chi connectivity index (χ1) is 17.8. The fraction of sp³-hybridized carbons (Fsp3) is 0.233. The zero-order valence-corrected chi connectivity index (χ0v) is 21.6. The number of methoxy groups -OCH3 is 1. The van der Waals surface area contributed by atoms with Gasteiger partial charge in [0, 0.05) is 19.4 Å². The van der Waals surface area contributed by atoms with Gasteiger partial charge in [0.1, 0.15) is 23.8 Å². The second kappa shape index (κ2) is 11.1. The number of benzene rings is 3. The SMILES string of the molecule is COc1ccc(-c2c(-c3cc(C(C)C)ccc3OCc3ccccc3)noc2N(C(C)=O)C(C)=O)cc1. The molecule has 4 rings (SSSR count). The maximum Gasteiger partial charge on any atom is 0.249 e. The van der Waals surface area contributed by atoms with Crippen LogP contribution in [0.5, 0.6) is 11.5 Å². The van der Waals surface area contributed by atoms with E-state index in [0.29, 0.717) is 40.5 Å². The van der Waals surface area contributed by atoms with Crippen LogP contribution in [0.3, 0.4) is 0 Å². The van der Waals surface area contributed by atoms with Crippen LogP contribution < -0.4 is 14.4 Å². The lowest BCUT2D eigenvalue weighted by atomic mass is 9.95. The van der Waals surface area contributed by atoms with Crippen LogP contribution in [0.2, 0.25) is 0 Å². The van der Waals surface area contributed by atoms with Gasteiger partial charge in [0.05, 0.1) is 12.7 Å². The number of imide groups is 1. The highest BCUT2D eigenvalue weighted by atomic mass is 16.5. The van der Waals surface area contributed by atoms with Gasteiger partial charge in [-0.15, -0.1) is 0 Å². The number of carbonyl (C=O) groups excluding carboxylic acids is 2. The van der Waals surface area contributed by atoms with Gasteiger partial charge < -0.3 is 14.0 Å². The van der Waals surface area contributed by atoms with E-state index in [1.54, 1.807) is 19.2 Å². The third-order valence-electron chi connectivity index (χ3n) is 6.05. The van der Waals surface area contributed by atoms with Crippen molar-refractivity contribution >= 4 is 17.7 Å². The summed E-state index contributed by atoms with van der Waals surface area (Å²) in [5, 5.41) is 4.37. The number of ether oxygens (including phenoxy) is 2. The van der Waals surface area contributed by atoms with Crippen molar-refractivity contribution in [1.82, 2.24) is 5.16 Å². The van der Waals surface area contributed by atoms with E-state index in [1.165, 1.54) is 13.8 Å². The summed E-state index contributed by atoms with van der Waals surface area (Å²) in [4.78, 5) is 25.9. The Morgan fingerprint density at radius 2 is 1.62 bits per heavy atom. The monoisotopic (exact) mass is 498 g/mol. The first-order valence-corrected chi connectivity index (χ1v) is 12.1. The second-order valence-corrected chi connectivity index (χ2v) is 9.00. The minimum atomic E-state index is -0.471. The topological polar surface area (TPSA) is 81.9 Å². The summed E-state index contributed by atoms with van der Waals surface area (Å²) < 4.78 is 17.3. The molecule has 190 valence electrons. The van der Waals surface area contributed by atoms with E-state index in [2.05, 4.69) is 19.0 Å². The molecule has 4 aromatic rings. The van der Waals surface area contributed by atoms with Gasteiger partial charge in [-0.25, -0.2) is 4.90 Å². The number of rotatable bonds is 8. The highest BCUT2D eigenvalue weighted by molar-refractivity contribution is 6.15. The van der Waals surface area contributed by atoms with E-state index in [1.807, 2.05) is 60.7 Å². The first-order valence-electron chi connectivity index (χ1n) is 12.1. The molecule has 0 fully saturated rings. The first kappa shape index (κ1) is 25.7. The standard InChI is InChI=1S/C30H30N2O5/c1-19(2)24-13-16-27(36-18-22-9-7-6-8-10-22)26(17-24)29-28(23-11-14-25(35-5)15-12-23)30(37-31-29)32(20(3)33)21(4)34/h6-17,19H,18H2,1-5H3. The van der Waals surface area contributed by atoms with Crippen LogP contribution in [-0.2, 0) is 16.2 Å². The summed E-state index contributed by atoms with van der Waals surface area (Å²) >= 11 is 0. The summed E-state index contributed by atoms with van der Waals surface area (Å²) in [5.74, 6) is 0.655. The number of anilines is 1. The van der Waals surface area contributed by atoms with Gasteiger partial charge in [-0.3, -0.25) is 9.59 Å². The molecule has 3 aromatic carbocycles. The Balaban J connectivity index is 1.91. The van der Waals surface area contributed by atoms with E-state index < -0.39 is 11.8 Å². The van der Waals surface area contributed by atoms with Crippen LogP contribution in [0.15, 0.2) is 77.3 Å². The molecule has 7 heteroatoms. The Kier molecular flexibility index (Phi) is 7.72. The van der Waals surface area contributed by atoms with Crippen molar-refractivity contribution in [3.8, 4) is 33.9 Å². The molecular weight excluding hydrogens is 468 g/mol. The highest BCUT2D eigenvalue weighted by Crippen LogP contribution is 2.44. The Bertz CT molecular complexity index is 1380. The zero-order chi connectivity index (χ0) is 26.5. The van der Waals surface area contributed by atoms with Crippen LogP contribution >= 0.6 is 0 Å². The molecule has 1 aromatic heterocycles. The van der Waals surface area contributed by atoms with Crippen molar-refractivity contribution < 1.29 is 23.6 Å². The Labute approximate surface area is 216 Å². The maximum absolute atomic E-state index is 12.5. The van der Waals surface area contributed by atoms with Crippen molar-refractivity contribution in [3.63, 3.8) is 0 Å². The molecule has 2 amide bonds. The molecule has 0 aliphatic carbocycles. The molecular formula is C30H30N2O5. The van der Waals surface area contributed by atoms with Gasteiger partial charge in [-0.05, 0) is 46.9 Å². The minimum Gasteiger partial charge on any atom is -0.497 e. The van der Waals surface area contributed by atoms with E-state index >= 15 is 0 Å². The number of hydrogen-bond donors (Lipinski definition) is 0. The fourth-order valence-corrected chi connectivity index (χ4v) is 4.10. The van der Waals surface area contributed by atoms with Crippen LogP contribution in [0, 0.1) is 0 Å². The minimum absolute atomic E-state index is 0.0594. The highest BCUT2D eigenvalue weighted by Gasteiger charge is 2.30. The van der Waals surface area contributed by atoms with Crippen molar-refractivity contribution in [2.24, 2.45) is 0 Å². The molecule has 0 N–H and O–H groups in total. The lowest BCUT2D eigenvalue weighted by molar-refractivity contribution is -0.124. The van der Waals surface area contributed by atoms with E-state index in [4.69, 9.17) is 14.0 Å². The Morgan fingerprint density at radius 3 is 2.22 bits per heavy atom. The molecule has 0 atom stereocenters. The van der Waals surface area contributed by atoms with Crippen LogP contribution in [0.1, 0.15) is 44.7 Å². The molecule has 0 aliphatic rings. The van der Waals surface area contributed by atoms with E-state index in [-0.39, 0.29) is 11.8 Å². The molecule has 37 heavy (non-hydrogen) atoms. The predicted molar refractivity (Wildman–Crippen MR) is 143 cm³/mol. The van der Waals surface area contributed by atoms with E-state index in [0.717, 1.165) is 16.0 Å². The van der Waals surface area contributed by atoms with Crippen molar-refractivity contribution in [3.05, 3.63) is 83.9 Å². The third-order valence-corrected chi connectivity index (χ3v) is 6.05. The predicted octanol–water partition coefficient (Wildman–Crippen LogP) is 6.62. The molecule has 1 heterocycles. The van der Waals surface area contributed by atoms with Gasteiger partial charge in [0.15, 0.2) is 0 Å². The lowest BCUT2D eigenvalue weighted by Crippen LogP contribution is -2.33. The van der Waals surface area contributed by atoms with Gasteiger partial charge in [0.2, 0.25) is 17.7 Å². The number of nitrogens with zero attached hydrogens (tertiary/aromatic N) is 2. The maximum atomic E-state index is 12.5. The van der Waals surface area contributed by atoms with Crippen molar-refractivity contribution in [2.45, 2.75) is 40.2 Å². The number of amides is 2. The average molecular weight is 499 g/mol. The molecule has 0 bridgehead atoms. The quantitative estimate of drug-likeness (QED) is 0.272. The summed E-state index contributed by atoms with van der Waals surface area (Å²) in [6.07, 6.45) is 0. The van der Waals surface area contributed by atoms with Crippen LogP contribution in [-0.4, -0.2) is 24.1 Å². The van der Waals surface area contributed by atoms with Gasteiger partial charge in [0.25, 0.3) is 0 Å². The van der Waals surface area contributed by atoms with Crippen molar-refractivity contribution in [2.75, 3.05) is 12.0 Å². The summed E-state index contributed by atoms with van der Waals surface area (Å²) in [6.45, 7) is 7.21. The molecule has 0 saturated carbocycles. The molecule has 0 radical (unpaired) electrons. The van der Waals surface area contributed by atoms with Gasteiger partial charge in [-0.1, -0.05) is 67.5 Å². The second-order valence-electron chi connectivity index (χ2n) is 9.00. The van der Waals surface area contributed by atoms with E-state index in [9.17, 15) is 9.59 Å². The summed E-state index contributed by atoms with van der Waals surface area (Å²) in [6, 6.07) is 23.1. The Hall–Kier alpha value is -4.39. The summed E-state index contributed by atoms with van der Waals surface area (Å²) in [5.41, 5.74) is 4.51. The fourth-order valence-electron chi connectivity index (χ4n) is 4.10. The third kappa shape index (κ3) is 5.56.